The molecule has 0 saturated heterocycles. The van der Waals surface area contributed by atoms with Crippen molar-refractivity contribution in [3.05, 3.63) is 109 Å². The van der Waals surface area contributed by atoms with E-state index in [2.05, 4.69) is 5.16 Å². The summed E-state index contributed by atoms with van der Waals surface area (Å²) in [7, 11) is 0. The number of nitrogens with zero attached hydrogens (tertiary/aromatic N) is 1. The van der Waals surface area contributed by atoms with E-state index < -0.39 is 5.97 Å². The molecule has 0 saturated carbocycles. The van der Waals surface area contributed by atoms with Crippen molar-refractivity contribution in [3.63, 3.8) is 0 Å². The van der Waals surface area contributed by atoms with E-state index in [4.69, 9.17) is 53.9 Å². The predicted molar refractivity (Wildman–Crippen MR) is 149 cm³/mol. The zero-order valence-corrected chi connectivity index (χ0v) is 22.8. The van der Waals surface area contributed by atoms with Crippen LogP contribution in [0.15, 0.2) is 65.2 Å². The first-order valence-electron chi connectivity index (χ1n) is 11.7. The summed E-state index contributed by atoms with van der Waals surface area (Å²) >= 11 is 18.8. The van der Waals surface area contributed by atoms with Gasteiger partial charge in [0.2, 0.25) is 0 Å². The summed E-state index contributed by atoms with van der Waals surface area (Å²) in [5, 5.41) is 14.8. The lowest BCUT2D eigenvalue weighted by molar-refractivity contribution is 0.0697. The zero-order valence-electron chi connectivity index (χ0n) is 20.6. The van der Waals surface area contributed by atoms with Crippen molar-refractivity contribution in [2.45, 2.75) is 33.0 Å². The van der Waals surface area contributed by atoms with Gasteiger partial charge in [0.1, 0.15) is 36.2 Å². The van der Waals surface area contributed by atoms with Gasteiger partial charge in [-0.2, -0.15) is 0 Å². The summed E-state index contributed by atoms with van der Waals surface area (Å²) in [6.45, 7) is 4.34. The number of aromatic nitrogens is 1. The van der Waals surface area contributed by atoms with Gasteiger partial charge in [0.05, 0.1) is 21.2 Å². The van der Waals surface area contributed by atoms with Crippen LogP contribution in [0.1, 0.15) is 58.3 Å². The van der Waals surface area contributed by atoms with Gasteiger partial charge in [-0.05, 0) is 53.6 Å². The Morgan fingerprint density at radius 3 is 2.53 bits per heavy atom. The fourth-order valence-electron chi connectivity index (χ4n) is 3.66. The van der Waals surface area contributed by atoms with Crippen molar-refractivity contribution >= 4 is 52.9 Å². The maximum Gasteiger partial charge on any atom is 0.335 e. The Morgan fingerprint density at radius 1 is 0.974 bits per heavy atom. The highest BCUT2D eigenvalue weighted by atomic mass is 35.5. The quantitative estimate of drug-likeness (QED) is 0.191. The molecule has 6 nitrogen and oxygen atoms in total. The van der Waals surface area contributed by atoms with Gasteiger partial charge in [0.15, 0.2) is 0 Å². The molecular formula is C29H24Cl3NO5. The molecule has 0 fully saturated rings. The van der Waals surface area contributed by atoms with Crippen LogP contribution in [0.25, 0.3) is 12.2 Å². The van der Waals surface area contributed by atoms with E-state index in [9.17, 15) is 4.79 Å². The van der Waals surface area contributed by atoms with E-state index in [1.165, 1.54) is 0 Å². The molecule has 0 bridgehead atoms. The molecule has 4 aromatic rings. The highest BCUT2D eigenvalue weighted by Crippen LogP contribution is 2.31. The number of rotatable bonds is 10. The predicted octanol–water partition coefficient (Wildman–Crippen LogP) is 8.78. The molecule has 3 aromatic carbocycles. The molecule has 0 aliphatic heterocycles. The van der Waals surface area contributed by atoms with Gasteiger partial charge in [-0.1, -0.05) is 78.1 Å². The third kappa shape index (κ3) is 6.90. The molecule has 4 rings (SSSR count). The number of hydrogen-bond donors (Lipinski definition) is 1. The van der Waals surface area contributed by atoms with Gasteiger partial charge in [0, 0.05) is 17.0 Å². The van der Waals surface area contributed by atoms with Gasteiger partial charge in [-0.25, -0.2) is 4.79 Å². The monoisotopic (exact) mass is 571 g/mol. The second-order valence-corrected chi connectivity index (χ2v) is 9.98. The smallest absolute Gasteiger partial charge is 0.335 e. The molecule has 196 valence electrons. The minimum absolute atomic E-state index is 0.0836. The second-order valence-electron chi connectivity index (χ2n) is 8.73. The lowest BCUT2D eigenvalue weighted by Gasteiger charge is -2.11. The summed E-state index contributed by atoms with van der Waals surface area (Å²) in [6.07, 6.45) is 3.62. The van der Waals surface area contributed by atoms with E-state index in [0.29, 0.717) is 38.0 Å². The van der Waals surface area contributed by atoms with Gasteiger partial charge in [-0.3, -0.25) is 0 Å². The molecule has 0 amide bonds. The van der Waals surface area contributed by atoms with Crippen LogP contribution in [0.3, 0.4) is 0 Å². The number of hydrogen-bond acceptors (Lipinski definition) is 5. The van der Waals surface area contributed by atoms with Crippen LogP contribution >= 0.6 is 34.8 Å². The molecule has 0 aliphatic rings. The van der Waals surface area contributed by atoms with Crippen molar-refractivity contribution in [3.8, 4) is 11.5 Å². The Kier molecular flexibility index (Phi) is 9.00. The summed E-state index contributed by atoms with van der Waals surface area (Å²) in [5.74, 6) is 0.831. The summed E-state index contributed by atoms with van der Waals surface area (Å²) in [5.41, 5.74) is 3.12. The number of benzene rings is 3. The molecule has 0 radical (unpaired) electrons. The van der Waals surface area contributed by atoms with Crippen molar-refractivity contribution in [1.29, 1.82) is 0 Å². The van der Waals surface area contributed by atoms with E-state index >= 15 is 0 Å². The van der Waals surface area contributed by atoms with Crippen LogP contribution in [-0.4, -0.2) is 16.2 Å². The second kappa shape index (κ2) is 12.4. The average Bonchev–Trinajstić information content (AvgIpc) is 3.30. The molecule has 0 atom stereocenters. The van der Waals surface area contributed by atoms with Crippen LogP contribution in [0.5, 0.6) is 11.5 Å². The number of carboxylic acids is 1. The maximum atomic E-state index is 11.2. The van der Waals surface area contributed by atoms with Crippen LogP contribution in [0.2, 0.25) is 15.1 Å². The third-order valence-corrected chi connectivity index (χ3v) is 6.50. The van der Waals surface area contributed by atoms with Gasteiger partial charge >= 0.3 is 5.97 Å². The van der Waals surface area contributed by atoms with Crippen molar-refractivity contribution < 1.29 is 23.9 Å². The number of halogens is 3. The number of carbonyl (C=O) groups is 1. The van der Waals surface area contributed by atoms with E-state index in [1.807, 2.05) is 38.1 Å². The Hall–Kier alpha value is -3.45. The topological polar surface area (TPSA) is 81.8 Å². The molecule has 0 aliphatic carbocycles. The first-order valence-corrected chi connectivity index (χ1v) is 12.8. The summed E-state index contributed by atoms with van der Waals surface area (Å²) in [6, 6.07) is 17.0. The van der Waals surface area contributed by atoms with Crippen LogP contribution in [0.4, 0.5) is 0 Å². The Labute approximate surface area is 235 Å². The number of aromatic carboxylic acids is 1. The van der Waals surface area contributed by atoms with E-state index in [-0.39, 0.29) is 24.7 Å². The van der Waals surface area contributed by atoms with Crippen LogP contribution < -0.4 is 9.47 Å². The van der Waals surface area contributed by atoms with Gasteiger partial charge < -0.3 is 19.1 Å². The zero-order chi connectivity index (χ0) is 27.2. The fraction of sp³-hybridized carbons (Fsp3) is 0.172. The highest BCUT2D eigenvalue weighted by Gasteiger charge is 2.20. The normalized spacial score (nSPS) is 11.3. The van der Waals surface area contributed by atoms with E-state index in [0.717, 1.165) is 16.7 Å². The third-order valence-electron chi connectivity index (χ3n) is 5.63. The van der Waals surface area contributed by atoms with Crippen molar-refractivity contribution in [2.24, 2.45) is 0 Å². The minimum atomic E-state index is -0.976. The molecule has 0 unspecified atom stereocenters. The largest absolute Gasteiger partial charge is 0.489 e. The minimum Gasteiger partial charge on any atom is -0.489 e. The summed E-state index contributed by atoms with van der Waals surface area (Å²) < 4.78 is 17.5. The average molecular weight is 573 g/mol. The molecule has 1 heterocycles. The Morgan fingerprint density at radius 2 is 1.79 bits per heavy atom. The van der Waals surface area contributed by atoms with Crippen molar-refractivity contribution in [2.75, 3.05) is 0 Å². The number of carboxylic acid groups (broad SMARTS) is 1. The summed E-state index contributed by atoms with van der Waals surface area (Å²) in [4.78, 5) is 11.2. The van der Waals surface area contributed by atoms with Crippen LogP contribution in [-0.2, 0) is 13.2 Å². The lowest BCUT2D eigenvalue weighted by Crippen LogP contribution is -2.05. The van der Waals surface area contributed by atoms with E-state index in [1.54, 1.807) is 48.5 Å². The fourth-order valence-corrected chi connectivity index (χ4v) is 4.23. The highest BCUT2D eigenvalue weighted by molar-refractivity contribution is 6.34. The standard InChI is InChI=1S/C29H24Cl3NO5/c1-17(2)28-23(26(33-38-28)16-37-27-13-21(30)9-11-24(27)31)15-36-22-10-8-19(25(32)14-22)7-6-18-4-3-5-20(12-18)29(34)35/h3-14,17H,15-16H2,1-2H3,(H,34,35)/b7-6+. The Balaban J connectivity index is 1.46. The molecule has 1 aromatic heterocycles. The molecule has 9 heteroatoms. The van der Waals surface area contributed by atoms with Gasteiger partial charge in [-0.15, -0.1) is 0 Å². The van der Waals surface area contributed by atoms with Crippen LogP contribution in [0, 0.1) is 0 Å². The molecular weight excluding hydrogens is 549 g/mol. The first-order chi connectivity index (χ1) is 18.2. The SMILES string of the molecule is CC(C)c1onc(COc2cc(Cl)ccc2Cl)c1COc1ccc(/C=C/c2cccc(C(=O)O)c2)c(Cl)c1. The molecule has 38 heavy (non-hydrogen) atoms. The van der Waals surface area contributed by atoms with Gasteiger partial charge in [0.25, 0.3) is 0 Å². The first kappa shape index (κ1) is 27.6. The van der Waals surface area contributed by atoms with Crippen molar-refractivity contribution in [1.82, 2.24) is 5.16 Å². The Bertz CT molecular complexity index is 1480. The lowest BCUT2D eigenvalue weighted by atomic mass is 10.1. The number of ether oxygens (including phenoxy) is 2. The molecule has 1 N–H and O–H groups in total. The molecule has 0 spiro atoms. The maximum absolute atomic E-state index is 11.2.